The van der Waals surface area contributed by atoms with Gasteiger partial charge in [0.1, 0.15) is 5.76 Å². The van der Waals surface area contributed by atoms with Gasteiger partial charge in [0.25, 0.3) is 5.91 Å². The lowest BCUT2D eigenvalue weighted by Crippen LogP contribution is -2.30. The molecular weight excluding hydrogens is 366 g/mol. The molecule has 2 aromatic carbocycles. The molecular formula is C24H19NO4. The number of carbonyl (C=O) groups is 2. The van der Waals surface area contributed by atoms with Crippen molar-refractivity contribution < 1.29 is 19.1 Å². The molecule has 1 N–H and O–H groups in total. The highest BCUT2D eigenvalue weighted by Gasteiger charge is 2.43. The Hall–Kier alpha value is -3.86. The maximum Gasteiger partial charge on any atom is 0.290 e. The van der Waals surface area contributed by atoms with Crippen molar-refractivity contribution in [3.63, 3.8) is 0 Å². The molecule has 0 bridgehead atoms. The maximum absolute atomic E-state index is 13.0. The highest BCUT2D eigenvalue weighted by atomic mass is 16.3. The molecule has 2 heterocycles. The molecule has 1 amide bonds. The lowest BCUT2D eigenvalue weighted by atomic mass is 9.95. The molecule has 144 valence electrons. The summed E-state index contributed by atoms with van der Waals surface area (Å²) in [6.45, 7) is 0.147. The van der Waals surface area contributed by atoms with Crippen molar-refractivity contribution >= 4 is 17.8 Å². The first kappa shape index (κ1) is 18.5. The highest BCUT2D eigenvalue weighted by Crippen LogP contribution is 2.38. The highest BCUT2D eigenvalue weighted by molar-refractivity contribution is 6.14. The largest absolute Gasteiger partial charge is 0.503 e. The van der Waals surface area contributed by atoms with Crippen LogP contribution in [-0.2, 0) is 16.1 Å². The number of nitrogens with zero attached hydrogens (tertiary/aromatic N) is 1. The molecule has 0 fully saturated rings. The molecule has 1 unspecified atom stereocenters. The van der Waals surface area contributed by atoms with Crippen molar-refractivity contribution in [3.05, 3.63) is 113 Å². The summed E-state index contributed by atoms with van der Waals surface area (Å²) in [6.07, 6.45) is 4.58. The first-order valence-electron chi connectivity index (χ1n) is 9.24. The minimum absolute atomic E-state index is 0.0694. The van der Waals surface area contributed by atoms with Gasteiger partial charge in [-0.1, -0.05) is 66.7 Å². The number of allylic oxidation sites excluding steroid dienone is 1. The van der Waals surface area contributed by atoms with E-state index in [0.717, 1.165) is 11.1 Å². The van der Waals surface area contributed by atoms with Gasteiger partial charge < -0.3 is 14.4 Å². The molecule has 1 atom stereocenters. The number of hydrogen-bond acceptors (Lipinski definition) is 4. The van der Waals surface area contributed by atoms with Gasteiger partial charge in [0.15, 0.2) is 11.5 Å². The van der Waals surface area contributed by atoms with Crippen LogP contribution in [-0.4, -0.2) is 21.7 Å². The number of aliphatic hydroxyl groups is 1. The maximum atomic E-state index is 13.0. The zero-order valence-corrected chi connectivity index (χ0v) is 15.6. The lowest BCUT2D eigenvalue weighted by Gasteiger charge is -2.25. The fourth-order valence-electron chi connectivity index (χ4n) is 3.45. The molecule has 0 saturated heterocycles. The van der Waals surface area contributed by atoms with E-state index in [1.54, 1.807) is 18.2 Å². The molecule has 0 aliphatic carbocycles. The van der Waals surface area contributed by atoms with Crippen LogP contribution in [0.3, 0.4) is 0 Å². The standard InChI is InChI=1S/C24H19NO4/c26-20(14-13-17-8-3-1-4-9-17)21-22(18-10-5-2-6-11-18)25(24(28)23(21)27)16-19-12-7-15-29-19/h1-15,22,27H,16H2. The van der Waals surface area contributed by atoms with Crippen molar-refractivity contribution in [2.45, 2.75) is 12.6 Å². The van der Waals surface area contributed by atoms with Crippen molar-refractivity contribution in [2.75, 3.05) is 0 Å². The van der Waals surface area contributed by atoms with Crippen molar-refractivity contribution in [1.82, 2.24) is 4.90 Å². The fourth-order valence-corrected chi connectivity index (χ4v) is 3.45. The van der Waals surface area contributed by atoms with Crippen LogP contribution >= 0.6 is 0 Å². The van der Waals surface area contributed by atoms with E-state index in [1.165, 1.54) is 17.2 Å². The van der Waals surface area contributed by atoms with Gasteiger partial charge in [-0.2, -0.15) is 0 Å². The average Bonchev–Trinajstić information content (AvgIpc) is 3.36. The second-order valence-corrected chi connectivity index (χ2v) is 6.70. The third-order valence-electron chi connectivity index (χ3n) is 4.82. The van der Waals surface area contributed by atoms with E-state index < -0.39 is 23.5 Å². The summed E-state index contributed by atoms with van der Waals surface area (Å²) in [5.41, 5.74) is 1.67. The second kappa shape index (κ2) is 8.02. The summed E-state index contributed by atoms with van der Waals surface area (Å²) in [4.78, 5) is 27.3. The minimum Gasteiger partial charge on any atom is -0.503 e. The fraction of sp³-hybridized carbons (Fsp3) is 0.0833. The minimum atomic E-state index is -0.693. The normalized spacial score (nSPS) is 16.8. The van der Waals surface area contributed by atoms with Crippen LogP contribution < -0.4 is 0 Å². The van der Waals surface area contributed by atoms with Gasteiger partial charge in [-0.25, -0.2) is 0 Å². The molecule has 4 rings (SSSR count). The zero-order chi connectivity index (χ0) is 20.2. The van der Waals surface area contributed by atoms with E-state index in [9.17, 15) is 14.7 Å². The number of furan rings is 1. The van der Waals surface area contributed by atoms with Crippen molar-refractivity contribution in [3.8, 4) is 0 Å². The Bertz CT molecular complexity index is 1070. The number of aliphatic hydroxyl groups excluding tert-OH is 1. The van der Waals surface area contributed by atoms with Crippen LogP contribution in [0.15, 0.2) is 101 Å². The van der Waals surface area contributed by atoms with Gasteiger partial charge in [-0.05, 0) is 29.3 Å². The van der Waals surface area contributed by atoms with Gasteiger partial charge in [0.05, 0.1) is 24.4 Å². The predicted octanol–water partition coefficient (Wildman–Crippen LogP) is 4.46. The van der Waals surface area contributed by atoms with E-state index in [1.807, 2.05) is 60.7 Å². The first-order chi connectivity index (χ1) is 14.1. The summed E-state index contributed by atoms with van der Waals surface area (Å²) in [7, 11) is 0. The van der Waals surface area contributed by atoms with Gasteiger partial charge in [0, 0.05) is 0 Å². The Balaban J connectivity index is 1.70. The molecule has 29 heavy (non-hydrogen) atoms. The molecule has 5 heteroatoms. The molecule has 1 aromatic heterocycles. The van der Waals surface area contributed by atoms with E-state index in [2.05, 4.69) is 0 Å². The quantitative estimate of drug-likeness (QED) is 0.636. The van der Waals surface area contributed by atoms with Crippen molar-refractivity contribution in [1.29, 1.82) is 0 Å². The molecule has 1 aliphatic heterocycles. The van der Waals surface area contributed by atoms with Crippen LogP contribution in [0.1, 0.15) is 22.9 Å². The summed E-state index contributed by atoms with van der Waals surface area (Å²) in [6, 6.07) is 21.4. The van der Waals surface area contributed by atoms with Crippen LogP contribution in [0.2, 0.25) is 0 Å². The topological polar surface area (TPSA) is 70.8 Å². The SMILES string of the molecule is O=C(C=Cc1ccccc1)C1=C(O)C(=O)N(Cc2ccco2)C1c1ccccc1. The smallest absolute Gasteiger partial charge is 0.290 e. The number of carbonyl (C=O) groups excluding carboxylic acids is 2. The summed E-state index contributed by atoms with van der Waals surface area (Å²) in [5.74, 6) is -0.948. The van der Waals surface area contributed by atoms with E-state index in [-0.39, 0.29) is 12.1 Å². The molecule has 5 nitrogen and oxygen atoms in total. The molecule has 3 aromatic rings. The summed E-state index contributed by atoms with van der Waals surface area (Å²) >= 11 is 0. The Morgan fingerprint density at radius 2 is 1.69 bits per heavy atom. The van der Waals surface area contributed by atoms with E-state index >= 15 is 0 Å². The number of rotatable bonds is 6. The number of hydrogen-bond donors (Lipinski definition) is 1. The summed E-state index contributed by atoms with van der Waals surface area (Å²) in [5, 5.41) is 10.6. The summed E-state index contributed by atoms with van der Waals surface area (Å²) < 4.78 is 5.37. The van der Waals surface area contributed by atoms with Crippen LogP contribution in [0, 0.1) is 0 Å². The molecule has 0 spiro atoms. The van der Waals surface area contributed by atoms with E-state index in [4.69, 9.17) is 4.42 Å². The number of ketones is 1. The van der Waals surface area contributed by atoms with Gasteiger partial charge >= 0.3 is 0 Å². The van der Waals surface area contributed by atoms with Gasteiger partial charge in [-0.15, -0.1) is 0 Å². The lowest BCUT2D eigenvalue weighted by molar-refractivity contribution is -0.130. The first-order valence-corrected chi connectivity index (χ1v) is 9.24. The van der Waals surface area contributed by atoms with Crippen LogP contribution in [0.25, 0.3) is 6.08 Å². The second-order valence-electron chi connectivity index (χ2n) is 6.70. The predicted molar refractivity (Wildman–Crippen MR) is 109 cm³/mol. The Morgan fingerprint density at radius 1 is 1.00 bits per heavy atom. The van der Waals surface area contributed by atoms with Crippen LogP contribution in [0.5, 0.6) is 0 Å². The number of amides is 1. The monoisotopic (exact) mass is 385 g/mol. The molecule has 1 aliphatic rings. The third-order valence-corrected chi connectivity index (χ3v) is 4.82. The van der Waals surface area contributed by atoms with Gasteiger partial charge in [0.2, 0.25) is 0 Å². The average molecular weight is 385 g/mol. The van der Waals surface area contributed by atoms with Gasteiger partial charge in [-0.3, -0.25) is 9.59 Å². The number of benzene rings is 2. The van der Waals surface area contributed by atoms with Crippen LogP contribution in [0.4, 0.5) is 0 Å². The zero-order valence-electron chi connectivity index (χ0n) is 15.6. The van der Waals surface area contributed by atoms with E-state index in [0.29, 0.717) is 5.76 Å². The Morgan fingerprint density at radius 3 is 2.34 bits per heavy atom. The third kappa shape index (κ3) is 3.75. The molecule has 0 radical (unpaired) electrons. The Labute approximate surface area is 168 Å². The van der Waals surface area contributed by atoms with Crippen molar-refractivity contribution in [2.24, 2.45) is 0 Å². The molecule has 0 saturated carbocycles. The Kier molecular flexibility index (Phi) is 5.12.